The number of sulfonamides is 1. The largest absolute Gasteiger partial charge is 0.480 e. The zero-order valence-corrected chi connectivity index (χ0v) is 15.3. The second-order valence-corrected chi connectivity index (χ2v) is 7.46. The van der Waals surface area contributed by atoms with E-state index < -0.39 is 50.1 Å². The van der Waals surface area contributed by atoms with Gasteiger partial charge in [-0.25, -0.2) is 8.42 Å². The zero-order valence-electron chi connectivity index (χ0n) is 13.7. The van der Waals surface area contributed by atoms with Crippen LogP contribution in [-0.4, -0.2) is 31.9 Å². The number of rotatable bonds is 6. The first kappa shape index (κ1) is 21.5. The van der Waals surface area contributed by atoms with Crippen LogP contribution >= 0.6 is 11.6 Å². The van der Waals surface area contributed by atoms with Crippen LogP contribution in [0.1, 0.15) is 15.9 Å². The third kappa shape index (κ3) is 5.36. The summed E-state index contributed by atoms with van der Waals surface area (Å²) < 4.78 is 65.3. The smallest absolute Gasteiger partial charge is 0.416 e. The van der Waals surface area contributed by atoms with Crippen LogP contribution in [0.4, 0.5) is 18.9 Å². The van der Waals surface area contributed by atoms with E-state index in [0.717, 1.165) is 6.07 Å². The number of alkyl halides is 3. The molecule has 2 rings (SSSR count). The number of hydrogen-bond donors (Lipinski definition) is 3. The molecule has 0 bridgehead atoms. The fraction of sp³-hybridized carbons (Fsp3) is 0.125. The molecule has 7 nitrogen and oxygen atoms in total. The highest BCUT2D eigenvalue weighted by molar-refractivity contribution is 7.92. The molecule has 0 aliphatic rings. The van der Waals surface area contributed by atoms with Crippen molar-refractivity contribution in [2.75, 3.05) is 11.3 Å². The summed E-state index contributed by atoms with van der Waals surface area (Å²) in [5, 5.41) is 10.2. The molecule has 0 saturated carbocycles. The molecule has 0 aliphatic heterocycles. The number of carbonyl (C=O) groups excluding carboxylic acids is 1. The standard InChI is InChI=1S/C16H12ClF3N2O5S/c17-12-6-3-10(16(18,19)20)7-13(12)28(26,27)22-11-4-1-9(2-5-11)15(25)21-8-14(23)24/h1-7,22H,8H2,(H,21,25)(H,23,24). The van der Waals surface area contributed by atoms with E-state index in [9.17, 15) is 31.2 Å². The summed E-state index contributed by atoms with van der Waals surface area (Å²) in [6.45, 7) is -0.596. The normalized spacial score (nSPS) is 11.7. The fourth-order valence-corrected chi connectivity index (χ4v) is 3.63. The van der Waals surface area contributed by atoms with Crippen LogP contribution in [0.2, 0.25) is 5.02 Å². The van der Waals surface area contributed by atoms with Crippen LogP contribution in [0.25, 0.3) is 0 Å². The van der Waals surface area contributed by atoms with Gasteiger partial charge in [-0.05, 0) is 42.5 Å². The lowest BCUT2D eigenvalue weighted by molar-refractivity contribution is -0.138. The minimum absolute atomic E-state index is 0.0386. The molecule has 1 amide bonds. The Labute approximate surface area is 162 Å². The van der Waals surface area contributed by atoms with Gasteiger partial charge in [0.2, 0.25) is 0 Å². The van der Waals surface area contributed by atoms with E-state index in [1.165, 1.54) is 24.3 Å². The quantitative estimate of drug-likeness (QED) is 0.644. The van der Waals surface area contributed by atoms with Crippen molar-refractivity contribution in [2.24, 2.45) is 0 Å². The van der Waals surface area contributed by atoms with Crippen LogP contribution in [0, 0.1) is 0 Å². The summed E-state index contributed by atoms with van der Waals surface area (Å²) in [6.07, 6.45) is -4.75. The number of nitrogens with one attached hydrogen (secondary N) is 2. The average molecular weight is 437 g/mol. The topological polar surface area (TPSA) is 113 Å². The second kappa shape index (κ2) is 8.07. The number of anilines is 1. The first-order chi connectivity index (χ1) is 12.9. The SMILES string of the molecule is O=C(O)CNC(=O)c1ccc(NS(=O)(=O)c2cc(C(F)(F)F)ccc2Cl)cc1. The van der Waals surface area contributed by atoms with E-state index in [1.807, 2.05) is 0 Å². The molecular weight excluding hydrogens is 425 g/mol. The van der Waals surface area contributed by atoms with Gasteiger partial charge in [0.05, 0.1) is 10.6 Å². The number of halogens is 4. The maximum absolute atomic E-state index is 12.8. The van der Waals surface area contributed by atoms with Crippen molar-refractivity contribution in [2.45, 2.75) is 11.1 Å². The van der Waals surface area contributed by atoms with Crippen LogP contribution in [0.15, 0.2) is 47.4 Å². The molecule has 2 aromatic rings. The van der Waals surface area contributed by atoms with E-state index in [4.69, 9.17) is 16.7 Å². The first-order valence-electron chi connectivity index (χ1n) is 7.40. The molecule has 0 aromatic heterocycles. The van der Waals surface area contributed by atoms with Gasteiger partial charge >= 0.3 is 12.1 Å². The second-order valence-electron chi connectivity index (χ2n) is 5.40. The minimum Gasteiger partial charge on any atom is -0.480 e. The van der Waals surface area contributed by atoms with Crippen molar-refractivity contribution in [1.82, 2.24) is 5.32 Å². The van der Waals surface area contributed by atoms with Crippen LogP contribution in [-0.2, 0) is 21.0 Å². The molecule has 0 aliphatic carbocycles. The van der Waals surface area contributed by atoms with E-state index in [2.05, 4.69) is 10.0 Å². The minimum atomic E-state index is -4.75. The van der Waals surface area contributed by atoms with Gasteiger partial charge in [-0.3, -0.25) is 14.3 Å². The summed E-state index contributed by atoms with van der Waals surface area (Å²) in [6, 6.07) is 6.70. The van der Waals surface area contributed by atoms with Gasteiger partial charge in [0, 0.05) is 11.3 Å². The lowest BCUT2D eigenvalue weighted by Gasteiger charge is -2.13. The van der Waals surface area contributed by atoms with Gasteiger partial charge in [0.15, 0.2) is 0 Å². The monoisotopic (exact) mass is 436 g/mol. The molecule has 28 heavy (non-hydrogen) atoms. The predicted octanol–water partition coefficient (Wildman–Crippen LogP) is 2.97. The molecule has 12 heteroatoms. The lowest BCUT2D eigenvalue weighted by Crippen LogP contribution is -2.29. The van der Waals surface area contributed by atoms with E-state index in [0.29, 0.717) is 12.1 Å². The molecular formula is C16H12ClF3N2O5S. The maximum atomic E-state index is 12.8. The maximum Gasteiger partial charge on any atom is 0.416 e. The number of hydrogen-bond acceptors (Lipinski definition) is 4. The van der Waals surface area contributed by atoms with Crippen molar-refractivity contribution < 1.29 is 36.3 Å². The van der Waals surface area contributed by atoms with Crippen LogP contribution < -0.4 is 10.0 Å². The van der Waals surface area contributed by atoms with E-state index in [1.54, 1.807) is 0 Å². The summed E-state index contributed by atoms with van der Waals surface area (Å²) in [7, 11) is -4.44. The summed E-state index contributed by atoms with van der Waals surface area (Å²) in [5.74, 6) is -1.94. The molecule has 0 saturated heterocycles. The summed E-state index contributed by atoms with van der Waals surface area (Å²) in [5.41, 5.74) is -1.16. The molecule has 0 atom stereocenters. The highest BCUT2D eigenvalue weighted by Gasteiger charge is 2.32. The highest BCUT2D eigenvalue weighted by Crippen LogP contribution is 2.33. The van der Waals surface area contributed by atoms with Gasteiger partial charge in [-0.15, -0.1) is 0 Å². The Balaban J connectivity index is 2.23. The highest BCUT2D eigenvalue weighted by atomic mass is 35.5. The number of benzene rings is 2. The van der Waals surface area contributed by atoms with Crippen molar-refractivity contribution >= 4 is 39.2 Å². The predicted molar refractivity (Wildman–Crippen MR) is 93.7 cm³/mol. The first-order valence-corrected chi connectivity index (χ1v) is 9.26. The molecule has 3 N–H and O–H groups in total. The molecule has 0 radical (unpaired) electrons. The Morgan fingerprint density at radius 3 is 2.21 bits per heavy atom. The Bertz CT molecular complexity index is 1010. The third-order valence-corrected chi connectivity index (χ3v) is 5.21. The van der Waals surface area contributed by atoms with E-state index in [-0.39, 0.29) is 11.3 Å². The third-order valence-electron chi connectivity index (χ3n) is 3.35. The van der Waals surface area contributed by atoms with Gasteiger partial charge in [0.25, 0.3) is 15.9 Å². The summed E-state index contributed by atoms with van der Waals surface area (Å²) >= 11 is 5.74. The van der Waals surface area contributed by atoms with Gasteiger partial charge in [-0.2, -0.15) is 13.2 Å². The molecule has 0 fully saturated rings. The number of carboxylic acid groups (broad SMARTS) is 1. The van der Waals surface area contributed by atoms with Crippen LogP contribution in [0.3, 0.4) is 0 Å². The molecule has 0 heterocycles. The molecule has 150 valence electrons. The Morgan fingerprint density at radius 1 is 1.07 bits per heavy atom. The average Bonchev–Trinajstić information content (AvgIpc) is 2.59. The Hall–Kier alpha value is -2.79. The summed E-state index contributed by atoms with van der Waals surface area (Å²) in [4.78, 5) is 21.4. The fourth-order valence-electron chi connectivity index (χ4n) is 2.04. The molecule has 2 aromatic carbocycles. The van der Waals surface area contributed by atoms with Crippen molar-refractivity contribution in [3.05, 3.63) is 58.6 Å². The Kier molecular flexibility index (Phi) is 6.20. The van der Waals surface area contributed by atoms with Crippen molar-refractivity contribution in [3.8, 4) is 0 Å². The van der Waals surface area contributed by atoms with Crippen LogP contribution in [0.5, 0.6) is 0 Å². The van der Waals surface area contributed by atoms with Crippen molar-refractivity contribution in [1.29, 1.82) is 0 Å². The molecule has 0 unspecified atom stereocenters. The number of amides is 1. The molecule has 0 spiro atoms. The zero-order chi connectivity index (χ0) is 21.1. The van der Waals surface area contributed by atoms with Gasteiger partial charge in [-0.1, -0.05) is 11.6 Å². The van der Waals surface area contributed by atoms with Gasteiger partial charge < -0.3 is 10.4 Å². The Morgan fingerprint density at radius 2 is 1.68 bits per heavy atom. The number of aliphatic carboxylic acids is 1. The lowest BCUT2D eigenvalue weighted by atomic mass is 10.2. The van der Waals surface area contributed by atoms with Crippen molar-refractivity contribution in [3.63, 3.8) is 0 Å². The number of carboxylic acids is 1. The number of carbonyl (C=O) groups is 2. The van der Waals surface area contributed by atoms with E-state index >= 15 is 0 Å². The van der Waals surface area contributed by atoms with Gasteiger partial charge in [0.1, 0.15) is 11.4 Å².